The van der Waals surface area contributed by atoms with Crippen LogP contribution in [0, 0.1) is 0 Å². The number of carbonyl (C=O) groups is 1. The highest BCUT2D eigenvalue weighted by Gasteiger charge is 2.26. The maximum absolute atomic E-state index is 13.5. The van der Waals surface area contributed by atoms with E-state index in [1.54, 1.807) is 24.1 Å². The van der Waals surface area contributed by atoms with Gasteiger partial charge in [0.05, 0.1) is 13.4 Å². The highest BCUT2D eigenvalue weighted by Crippen LogP contribution is 2.40. The molecule has 2 aliphatic heterocycles. The molecule has 194 valence electrons. The molecule has 1 amide bonds. The number of nitrogens with zero attached hydrogens (tertiary/aromatic N) is 1. The van der Waals surface area contributed by atoms with Crippen LogP contribution in [-0.2, 0) is 6.54 Å². The normalized spacial score (nSPS) is 13.8. The molecule has 1 atom stereocenters. The van der Waals surface area contributed by atoms with Gasteiger partial charge in [-0.15, -0.1) is 0 Å². The molecule has 1 aromatic heterocycles. The molecule has 0 spiro atoms. The van der Waals surface area contributed by atoms with Crippen LogP contribution < -0.4 is 23.7 Å². The smallest absolute Gasteiger partial charge is 0.289 e. The summed E-state index contributed by atoms with van der Waals surface area (Å²) in [7, 11) is 1.67. The molecule has 4 aromatic rings. The van der Waals surface area contributed by atoms with E-state index in [0.29, 0.717) is 42.5 Å². The third-order valence-electron chi connectivity index (χ3n) is 6.83. The van der Waals surface area contributed by atoms with Crippen LogP contribution in [0.5, 0.6) is 28.7 Å². The Bertz CT molecular complexity index is 1430. The predicted octanol–water partition coefficient (Wildman–Crippen LogP) is 5.61. The number of methoxy groups -OCH3 is 1. The van der Waals surface area contributed by atoms with Gasteiger partial charge in [-0.25, -0.2) is 0 Å². The molecule has 3 heterocycles. The summed E-state index contributed by atoms with van der Waals surface area (Å²) in [6.07, 6.45) is 2.15. The summed E-state index contributed by atoms with van der Waals surface area (Å²) in [5.74, 6) is 3.66. The minimum absolute atomic E-state index is 0.0655. The van der Waals surface area contributed by atoms with Gasteiger partial charge in [0.15, 0.2) is 28.8 Å². The van der Waals surface area contributed by atoms with Gasteiger partial charge < -0.3 is 33.0 Å². The number of fused-ring (bicyclic) bond motifs is 2. The maximum Gasteiger partial charge on any atom is 0.289 e. The Hall–Kier alpha value is -4.59. The van der Waals surface area contributed by atoms with E-state index in [1.165, 1.54) is 6.26 Å². The van der Waals surface area contributed by atoms with E-state index in [9.17, 15) is 4.79 Å². The third kappa shape index (κ3) is 4.72. The Balaban J connectivity index is 1.31. The summed E-state index contributed by atoms with van der Waals surface area (Å²) in [5, 5.41) is 0. The predicted molar refractivity (Wildman–Crippen MR) is 138 cm³/mol. The fourth-order valence-electron chi connectivity index (χ4n) is 4.94. The lowest BCUT2D eigenvalue weighted by Crippen LogP contribution is -2.32. The monoisotopic (exact) mass is 513 g/mol. The van der Waals surface area contributed by atoms with Crippen molar-refractivity contribution in [1.82, 2.24) is 4.90 Å². The molecular formula is C30H27NO7. The molecule has 0 aliphatic carbocycles. The van der Waals surface area contributed by atoms with Crippen LogP contribution in [0.3, 0.4) is 0 Å². The van der Waals surface area contributed by atoms with Crippen molar-refractivity contribution in [3.8, 4) is 28.7 Å². The van der Waals surface area contributed by atoms with Gasteiger partial charge in [0.1, 0.15) is 5.75 Å². The van der Waals surface area contributed by atoms with E-state index in [0.717, 1.165) is 28.2 Å². The van der Waals surface area contributed by atoms with Gasteiger partial charge in [-0.05, 0) is 60.0 Å². The van der Waals surface area contributed by atoms with Crippen molar-refractivity contribution in [2.45, 2.75) is 18.9 Å². The molecule has 8 heteroatoms. The largest absolute Gasteiger partial charge is 0.496 e. The Kier molecular flexibility index (Phi) is 6.52. The summed E-state index contributed by atoms with van der Waals surface area (Å²) in [5.41, 5.74) is 3.01. The van der Waals surface area contributed by atoms with Crippen molar-refractivity contribution in [2.75, 3.05) is 27.2 Å². The Labute approximate surface area is 220 Å². The van der Waals surface area contributed by atoms with Crippen molar-refractivity contribution in [1.29, 1.82) is 0 Å². The van der Waals surface area contributed by atoms with E-state index in [2.05, 4.69) is 6.07 Å². The molecule has 0 radical (unpaired) electrons. The van der Waals surface area contributed by atoms with E-state index < -0.39 is 0 Å². The van der Waals surface area contributed by atoms with E-state index in [-0.39, 0.29) is 25.4 Å². The maximum atomic E-state index is 13.5. The van der Waals surface area contributed by atoms with Crippen LogP contribution in [0.2, 0.25) is 0 Å². The minimum atomic E-state index is -0.183. The number of rotatable bonds is 9. The number of benzene rings is 3. The van der Waals surface area contributed by atoms with E-state index in [1.807, 2.05) is 54.6 Å². The van der Waals surface area contributed by atoms with Crippen molar-refractivity contribution >= 4 is 5.91 Å². The van der Waals surface area contributed by atoms with Crippen molar-refractivity contribution in [2.24, 2.45) is 0 Å². The van der Waals surface area contributed by atoms with Crippen LogP contribution in [0.25, 0.3) is 0 Å². The lowest BCUT2D eigenvalue weighted by atomic mass is 9.87. The van der Waals surface area contributed by atoms with Crippen LogP contribution in [0.4, 0.5) is 0 Å². The van der Waals surface area contributed by atoms with Crippen LogP contribution in [0.1, 0.15) is 39.6 Å². The standard InChI is InChI=1S/C30H27NO7/c1-33-24-6-3-2-5-23(24)22(21-9-11-26-29(16-21)38-19-36-26)12-13-31(30(32)27-7-4-14-34-27)17-20-8-10-25-28(15-20)37-18-35-25/h2-11,14-16,22H,12-13,17-19H2,1H3/t22-/m0/s1. The fourth-order valence-corrected chi connectivity index (χ4v) is 4.94. The molecule has 8 nitrogen and oxygen atoms in total. The van der Waals surface area contributed by atoms with Gasteiger partial charge in [0.2, 0.25) is 13.6 Å². The number of carbonyl (C=O) groups excluding carboxylic acids is 1. The highest BCUT2D eigenvalue weighted by atomic mass is 16.7. The second kappa shape index (κ2) is 10.4. The van der Waals surface area contributed by atoms with E-state index in [4.69, 9.17) is 28.1 Å². The summed E-state index contributed by atoms with van der Waals surface area (Å²) in [6.45, 7) is 1.25. The molecule has 0 saturated heterocycles. The first kappa shape index (κ1) is 23.8. The third-order valence-corrected chi connectivity index (χ3v) is 6.83. The zero-order valence-electron chi connectivity index (χ0n) is 20.9. The van der Waals surface area contributed by atoms with Crippen molar-refractivity contribution in [3.63, 3.8) is 0 Å². The first-order valence-electron chi connectivity index (χ1n) is 12.4. The quantitative estimate of drug-likeness (QED) is 0.288. The van der Waals surface area contributed by atoms with Crippen LogP contribution >= 0.6 is 0 Å². The van der Waals surface area contributed by atoms with Crippen molar-refractivity contribution in [3.05, 3.63) is 102 Å². The van der Waals surface area contributed by atoms with Gasteiger partial charge in [-0.3, -0.25) is 4.79 Å². The average molecular weight is 514 g/mol. The number of hydrogen-bond donors (Lipinski definition) is 0. The lowest BCUT2D eigenvalue weighted by molar-refractivity contribution is 0.0706. The van der Waals surface area contributed by atoms with Gasteiger partial charge >= 0.3 is 0 Å². The van der Waals surface area contributed by atoms with Crippen LogP contribution in [-0.4, -0.2) is 38.0 Å². The van der Waals surface area contributed by atoms with Crippen molar-refractivity contribution < 1.29 is 32.9 Å². The molecule has 0 unspecified atom stereocenters. The summed E-state index contributed by atoms with van der Waals surface area (Å²) in [4.78, 5) is 15.3. The Morgan fingerprint density at radius 2 is 1.61 bits per heavy atom. The topological polar surface area (TPSA) is 79.6 Å². The average Bonchev–Trinajstić information content (AvgIpc) is 3.74. The zero-order chi connectivity index (χ0) is 25.9. The van der Waals surface area contributed by atoms with Gasteiger partial charge in [0, 0.05) is 24.6 Å². The molecule has 3 aromatic carbocycles. The molecule has 2 aliphatic rings. The SMILES string of the molecule is COc1ccccc1[C@@H](CCN(Cc1ccc2c(c1)OCO2)C(=O)c1ccco1)c1ccc2c(c1)OCO2. The van der Waals surface area contributed by atoms with Gasteiger partial charge in [-0.1, -0.05) is 30.3 Å². The molecule has 0 N–H and O–H groups in total. The number of para-hydroxylation sites is 1. The van der Waals surface area contributed by atoms with Gasteiger partial charge in [0.25, 0.3) is 5.91 Å². The Morgan fingerprint density at radius 3 is 2.37 bits per heavy atom. The Morgan fingerprint density at radius 1 is 0.868 bits per heavy atom. The molecule has 38 heavy (non-hydrogen) atoms. The number of hydrogen-bond acceptors (Lipinski definition) is 7. The number of amides is 1. The molecule has 0 saturated carbocycles. The summed E-state index contributed by atoms with van der Waals surface area (Å²) < 4.78 is 33.4. The first-order chi connectivity index (χ1) is 18.7. The second-order valence-electron chi connectivity index (χ2n) is 9.09. The number of ether oxygens (including phenoxy) is 5. The molecule has 0 bridgehead atoms. The molecule has 0 fully saturated rings. The lowest BCUT2D eigenvalue weighted by Gasteiger charge is -2.26. The summed E-state index contributed by atoms with van der Waals surface area (Å²) in [6, 6.07) is 23.1. The highest BCUT2D eigenvalue weighted by molar-refractivity contribution is 5.91. The molecular weight excluding hydrogens is 486 g/mol. The zero-order valence-corrected chi connectivity index (χ0v) is 20.9. The minimum Gasteiger partial charge on any atom is -0.496 e. The number of furan rings is 1. The second-order valence-corrected chi connectivity index (χ2v) is 9.09. The first-order valence-corrected chi connectivity index (χ1v) is 12.4. The fraction of sp³-hybridized carbons (Fsp3) is 0.233. The summed E-state index contributed by atoms with van der Waals surface area (Å²) >= 11 is 0. The van der Waals surface area contributed by atoms with Gasteiger partial charge in [-0.2, -0.15) is 0 Å². The molecule has 6 rings (SSSR count). The van der Waals surface area contributed by atoms with Crippen LogP contribution in [0.15, 0.2) is 83.5 Å². The van der Waals surface area contributed by atoms with E-state index >= 15 is 0 Å².